The number of nitro groups is 1. The lowest BCUT2D eigenvalue weighted by molar-refractivity contribution is -0.384. The molecule has 1 atom stereocenters. The van der Waals surface area contributed by atoms with Crippen molar-refractivity contribution in [3.05, 3.63) is 51.2 Å². The normalized spacial score (nSPS) is 17.0. The van der Waals surface area contributed by atoms with E-state index in [4.69, 9.17) is 17.0 Å². The summed E-state index contributed by atoms with van der Waals surface area (Å²) in [7, 11) is 1.34. The van der Waals surface area contributed by atoms with Crippen molar-refractivity contribution >= 4 is 29.0 Å². The van der Waals surface area contributed by atoms with E-state index < -0.39 is 16.9 Å². The van der Waals surface area contributed by atoms with Crippen LogP contribution in [0.4, 0.5) is 5.69 Å². The van der Waals surface area contributed by atoms with Crippen LogP contribution < -0.4 is 5.32 Å². The van der Waals surface area contributed by atoms with Gasteiger partial charge >= 0.3 is 5.97 Å². The lowest BCUT2D eigenvalue weighted by Gasteiger charge is -2.38. The Morgan fingerprint density at radius 1 is 1.32 bits per heavy atom. The van der Waals surface area contributed by atoms with Gasteiger partial charge in [-0.3, -0.25) is 10.1 Å². The van der Waals surface area contributed by atoms with Crippen LogP contribution >= 0.6 is 12.2 Å². The van der Waals surface area contributed by atoms with E-state index in [0.29, 0.717) is 22.8 Å². The number of nitrogens with one attached hydrogen (secondary N) is 1. The van der Waals surface area contributed by atoms with Crippen molar-refractivity contribution < 1.29 is 14.5 Å². The number of thiocarbonyl (C=S) groups is 1. The van der Waals surface area contributed by atoms with Crippen molar-refractivity contribution in [2.75, 3.05) is 33.3 Å². The molecule has 1 heterocycles. The zero-order valence-electron chi connectivity index (χ0n) is 16.6. The van der Waals surface area contributed by atoms with Crippen molar-refractivity contribution in [1.82, 2.24) is 15.1 Å². The van der Waals surface area contributed by atoms with Gasteiger partial charge in [-0.2, -0.15) is 0 Å². The van der Waals surface area contributed by atoms with Gasteiger partial charge < -0.3 is 19.9 Å². The Hall–Kier alpha value is -2.52. The minimum absolute atomic E-state index is 0.0108. The summed E-state index contributed by atoms with van der Waals surface area (Å²) >= 11 is 5.55. The average molecular weight is 407 g/mol. The van der Waals surface area contributed by atoms with Gasteiger partial charge in [-0.15, -0.1) is 0 Å². The summed E-state index contributed by atoms with van der Waals surface area (Å²) in [5.41, 5.74) is 1.87. The van der Waals surface area contributed by atoms with E-state index in [1.807, 2.05) is 11.8 Å². The molecular formula is C19H26N4O4S. The molecule has 9 heteroatoms. The van der Waals surface area contributed by atoms with Crippen LogP contribution in [0.2, 0.25) is 0 Å². The highest BCUT2D eigenvalue weighted by Crippen LogP contribution is 2.32. The first-order valence-electron chi connectivity index (χ1n) is 9.17. The summed E-state index contributed by atoms with van der Waals surface area (Å²) in [4.78, 5) is 27.2. The number of benzene rings is 1. The molecule has 0 aliphatic carbocycles. The van der Waals surface area contributed by atoms with Gasteiger partial charge in [0.2, 0.25) is 0 Å². The van der Waals surface area contributed by atoms with E-state index in [1.165, 1.54) is 19.2 Å². The van der Waals surface area contributed by atoms with E-state index in [-0.39, 0.29) is 5.69 Å². The van der Waals surface area contributed by atoms with Crippen LogP contribution in [0.25, 0.3) is 0 Å². The summed E-state index contributed by atoms with van der Waals surface area (Å²) in [6, 6.07) is 5.56. The number of ether oxygens (including phenoxy) is 1. The van der Waals surface area contributed by atoms with Crippen LogP contribution in [-0.4, -0.2) is 59.1 Å². The fourth-order valence-corrected chi connectivity index (χ4v) is 3.59. The number of hydrogen-bond donors (Lipinski definition) is 1. The summed E-state index contributed by atoms with van der Waals surface area (Å²) in [6.45, 7) is 9.37. The number of nitro benzene ring substituents is 1. The van der Waals surface area contributed by atoms with Crippen LogP contribution in [0.1, 0.15) is 32.4 Å². The lowest BCUT2D eigenvalue weighted by atomic mass is 9.95. The van der Waals surface area contributed by atoms with E-state index in [9.17, 15) is 14.9 Å². The number of rotatable bonds is 8. The van der Waals surface area contributed by atoms with Crippen molar-refractivity contribution in [3.63, 3.8) is 0 Å². The molecule has 1 aromatic rings. The second-order valence-corrected chi connectivity index (χ2v) is 6.79. The number of esters is 1. The minimum Gasteiger partial charge on any atom is -0.466 e. The molecule has 0 aromatic heterocycles. The first-order valence-corrected chi connectivity index (χ1v) is 9.58. The van der Waals surface area contributed by atoms with Gasteiger partial charge in [0.05, 0.1) is 23.6 Å². The third kappa shape index (κ3) is 4.66. The molecule has 0 spiro atoms. The van der Waals surface area contributed by atoms with Crippen LogP contribution in [-0.2, 0) is 9.53 Å². The second-order valence-electron chi connectivity index (χ2n) is 6.40. The predicted molar refractivity (Wildman–Crippen MR) is 111 cm³/mol. The van der Waals surface area contributed by atoms with E-state index >= 15 is 0 Å². The largest absolute Gasteiger partial charge is 0.466 e. The van der Waals surface area contributed by atoms with Crippen LogP contribution in [0.3, 0.4) is 0 Å². The predicted octanol–water partition coefficient (Wildman–Crippen LogP) is 2.61. The summed E-state index contributed by atoms with van der Waals surface area (Å²) in [5.74, 6) is -0.455. The fourth-order valence-electron chi connectivity index (χ4n) is 3.24. The maximum Gasteiger partial charge on any atom is 0.337 e. The van der Waals surface area contributed by atoms with Gasteiger partial charge in [-0.25, -0.2) is 4.79 Å². The number of non-ortho nitro benzene ring substituents is 1. The summed E-state index contributed by atoms with van der Waals surface area (Å²) < 4.78 is 5.00. The van der Waals surface area contributed by atoms with Crippen LogP contribution in [0, 0.1) is 10.1 Å². The molecule has 28 heavy (non-hydrogen) atoms. The third-order valence-electron chi connectivity index (χ3n) is 4.97. The number of methoxy groups -OCH3 is 1. The Balaban J connectivity index is 2.38. The van der Waals surface area contributed by atoms with Crippen molar-refractivity contribution in [2.45, 2.75) is 26.8 Å². The molecule has 0 amide bonds. The Kier molecular flexibility index (Phi) is 7.47. The number of carbonyl (C=O) groups is 1. The van der Waals surface area contributed by atoms with Crippen LogP contribution in [0.5, 0.6) is 0 Å². The average Bonchev–Trinajstić information content (AvgIpc) is 2.69. The van der Waals surface area contributed by atoms with E-state index in [0.717, 1.165) is 25.3 Å². The Morgan fingerprint density at radius 3 is 2.43 bits per heavy atom. The van der Waals surface area contributed by atoms with Gasteiger partial charge in [0.1, 0.15) is 0 Å². The monoisotopic (exact) mass is 406 g/mol. The van der Waals surface area contributed by atoms with Crippen molar-refractivity contribution in [1.29, 1.82) is 0 Å². The smallest absolute Gasteiger partial charge is 0.337 e. The molecule has 0 saturated heterocycles. The van der Waals surface area contributed by atoms with Crippen LogP contribution in [0.15, 0.2) is 35.5 Å². The highest BCUT2D eigenvalue weighted by Gasteiger charge is 2.34. The topological polar surface area (TPSA) is 88.0 Å². The minimum atomic E-state index is -0.523. The quantitative estimate of drug-likeness (QED) is 0.305. The molecule has 152 valence electrons. The molecule has 2 rings (SSSR count). The third-order valence-corrected chi connectivity index (χ3v) is 5.31. The Morgan fingerprint density at radius 2 is 1.93 bits per heavy atom. The van der Waals surface area contributed by atoms with Gasteiger partial charge in [0.15, 0.2) is 5.11 Å². The SMILES string of the molecule is CCN(CC)CCN1C(=S)N[C@H](c2ccc([N+](=O)[O-])cc2)C(C(=O)OC)=C1C. The molecule has 0 radical (unpaired) electrons. The standard InChI is InChI=1S/C19H26N4O4S/c1-5-21(6-2)11-12-22-13(3)16(18(24)27-4)17(20-19(22)28)14-7-9-15(10-8-14)23(25)26/h7-10,17H,5-6,11-12H2,1-4H3,(H,20,28)/t17-/m1/s1. The lowest BCUT2D eigenvalue weighted by Crippen LogP contribution is -2.49. The van der Waals surface area contributed by atoms with E-state index in [1.54, 1.807) is 12.1 Å². The second kappa shape index (κ2) is 9.61. The summed E-state index contributed by atoms with van der Waals surface area (Å²) in [6.07, 6.45) is 0. The molecule has 1 aliphatic rings. The molecule has 1 N–H and O–H groups in total. The molecule has 0 fully saturated rings. The van der Waals surface area contributed by atoms with E-state index in [2.05, 4.69) is 24.1 Å². The maximum absolute atomic E-state index is 12.5. The fraction of sp³-hybridized carbons (Fsp3) is 0.474. The molecule has 1 aliphatic heterocycles. The Bertz CT molecular complexity index is 775. The molecule has 0 bridgehead atoms. The maximum atomic E-state index is 12.5. The number of likely N-dealkylation sites (N-methyl/N-ethyl adjacent to an activating group) is 1. The molecule has 8 nitrogen and oxygen atoms in total. The number of carbonyl (C=O) groups excluding carboxylic acids is 1. The first kappa shape index (κ1) is 21.8. The molecule has 1 aromatic carbocycles. The molecule has 0 saturated carbocycles. The first-order chi connectivity index (χ1) is 13.3. The highest BCUT2D eigenvalue weighted by atomic mass is 32.1. The zero-order chi connectivity index (χ0) is 20.8. The number of allylic oxidation sites excluding steroid dienone is 1. The van der Waals surface area contributed by atoms with Crippen molar-refractivity contribution in [3.8, 4) is 0 Å². The Labute approximate surface area is 170 Å². The molecule has 0 unspecified atom stereocenters. The highest BCUT2D eigenvalue weighted by molar-refractivity contribution is 7.80. The van der Waals surface area contributed by atoms with Gasteiger partial charge in [-0.05, 0) is 49.9 Å². The summed E-state index contributed by atoms with van der Waals surface area (Å²) in [5, 5.41) is 14.6. The molecular weight excluding hydrogens is 380 g/mol. The van der Waals surface area contributed by atoms with Gasteiger partial charge in [0.25, 0.3) is 5.69 Å². The zero-order valence-corrected chi connectivity index (χ0v) is 17.4. The van der Waals surface area contributed by atoms with Crippen molar-refractivity contribution in [2.24, 2.45) is 0 Å². The number of nitrogens with zero attached hydrogens (tertiary/aromatic N) is 3. The van der Waals surface area contributed by atoms with Gasteiger partial charge in [0, 0.05) is 30.9 Å². The van der Waals surface area contributed by atoms with Gasteiger partial charge in [-0.1, -0.05) is 13.8 Å². The number of hydrogen-bond acceptors (Lipinski definition) is 6.